The number of fused-ring (bicyclic) bond motifs is 3. The minimum atomic E-state index is -0.0708. The molecule has 0 spiro atoms. The first-order chi connectivity index (χ1) is 12.6. The van der Waals surface area contributed by atoms with Crippen LogP contribution >= 0.6 is 0 Å². The molecule has 0 amide bonds. The summed E-state index contributed by atoms with van der Waals surface area (Å²) in [6.45, 7) is 0. The van der Waals surface area contributed by atoms with Gasteiger partial charge in [0.2, 0.25) is 0 Å². The molecule has 5 rings (SSSR count). The number of quaternary nitrogens is 1. The molecule has 3 aromatic rings. The van der Waals surface area contributed by atoms with E-state index in [1.54, 1.807) is 6.20 Å². The van der Waals surface area contributed by atoms with E-state index < -0.39 is 0 Å². The highest BCUT2D eigenvalue weighted by Crippen LogP contribution is 2.41. The summed E-state index contributed by atoms with van der Waals surface area (Å²) in [6, 6.07) is 12.7. The molecule has 2 aliphatic heterocycles. The number of aromatic nitrogens is 2. The van der Waals surface area contributed by atoms with Crippen LogP contribution in [-0.2, 0) is 0 Å². The number of pyridine rings is 1. The zero-order chi connectivity index (χ0) is 17.7. The van der Waals surface area contributed by atoms with Crippen molar-refractivity contribution < 1.29 is 9.38 Å². The molecule has 2 saturated heterocycles. The number of nitrogens with zero attached hydrogens (tertiary/aromatic N) is 2. The SMILES string of the molecule is C[N@@+]1([O-])[C@@H]2CC[C@H]1C[C@@H](Oc1ccc(-c3ccc4[nH]ccc4c3)nc1)C2. The standard InChI is InChI=1S/C21H23N3O2/c1-24(25)16-3-4-17(24)12-19(11-16)26-18-5-7-21(23-13-18)14-2-6-20-15(10-14)8-9-22-20/h2,5-10,13,16-17,19,22H,3-4,11-12H2,1H3/t16-,17+,19+,24-. The Morgan fingerprint density at radius 2 is 1.92 bits per heavy atom. The van der Waals surface area contributed by atoms with Gasteiger partial charge in [-0.25, -0.2) is 0 Å². The van der Waals surface area contributed by atoms with Crippen molar-refractivity contribution in [3.63, 3.8) is 0 Å². The van der Waals surface area contributed by atoms with Crippen LogP contribution in [-0.4, -0.2) is 39.8 Å². The monoisotopic (exact) mass is 349 g/mol. The summed E-state index contributed by atoms with van der Waals surface area (Å²) in [5, 5.41) is 13.8. The van der Waals surface area contributed by atoms with Crippen LogP contribution in [0.25, 0.3) is 22.2 Å². The summed E-state index contributed by atoms with van der Waals surface area (Å²) in [7, 11) is 1.83. The molecule has 2 bridgehead atoms. The second-order valence-corrected chi connectivity index (χ2v) is 7.81. The summed E-state index contributed by atoms with van der Waals surface area (Å²) in [4.78, 5) is 7.79. The van der Waals surface area contributed by atoms with Crippen molar-refractivity contribution in [2.75, 3.05) is 7.05 Å². The Bertz CT molecular complexity index is 916. The first-order valence-corrected chi connectivity index (χ1v) is 9.37. The summed E-state index contributed by atoms with van der Waals surface area (Å²) in [5.41, 5.74) is 3.16. The first kappa shape index (κ1) is 15.9. The van der Waals surface area contributed by atoms with Crippen LogP contribution in [0.2, 0.25) is 0 Å². The third kappa shape index (κ3) is 2.59. The number of piperidine rings is 1. The predicted molar refractivity (Wildman–Crippen MR) is 102 cm³/mol. The third-order valence-corrected chi connectivity index (χ3v) is 6.24. The molecule has 4 heterocycles. The Morgan fingerprint density at radius 1 is 1.12 bits per heavy atom. The number of rotatable bonds is 3. The van der Waals surface area contributed by atoms with Crippen molar-refractivity contribution in [2.45, 2.75) is 43.9 Å². The van der Waals surface area contributed by atoms with Crippen LogP contribution in [0.15, 0.2) is 48.8 Å². The van der Waals surface area contributed by atoms with Gasteiger partial charge >= 0.3 is 0 Å². The molecule has 4 atom stereocenters. The topological polar surface area (TPSA) is 61.0 Å². The van der Waals surface area contributed by atoms with Crippen molar-refractivity contribution >= 4 is 10.9 Å². The maximum absolute atomic E-state index is 12.6. The molecule has 5 heteroatoms. The van der Waals surface area contributed by atoms with Crippen molar-refractivity contribution in [2.24, 2.45) is 0 Å². The van der Waals surface area contributed by atoms with Crippen LogP contribution in [0.5, 0.6) is 5.75 Å². The number of hydroxylamine groups is 3. The second-order valence-electron chi connectivity index (χ2n) is 7.81. The molecule has 2 aliphatic rings. The lowest BCUT2D eigenvalue weighted by molar-refractivity contribution is -0.903. The van der Waals surface area contributed by atoms with E-state index in [2.05, 4.69) is 34.2 Å². The first-order valence-electron chi connectivity index (χ1n) is 9.37. The molecule has 1 aromatic carbocycles. The van der Waals surface area contributed by atoms with Gasteiger partial charge in [-0.3, -0.25) is 4.98 Å². The zero-order valence-electron chi connectivity index (χ0n) is 14.9. The van der Waals surface area contributed by atoms with Crippen LogP contribution in [0.3, 0.4) is 0 Å². The average Bonchev–Trinajstić information content (AvgIpc) is 3.12. The van der Waals surface area contributed by atoms with Gasteiger partial charge < -0.3 is 19.6 Å². The van der Waals surface area contributed by atoms with Crippen molar-refractivity contribution in [3.8, 4) is 17.0 Å². The van der Waals surface area contributed by atoms with Gasteiger partial charge in [-0.05, 0) is 30.3 Å². The summed E-state index contributed by atoms with van der Waals surface area (Å²) in [6.07, 6.45) is 7.65. The number of hydrogen-bond acceptors (Lipinski definition) is 3. The van der Waals surface area contributed by atoms with Gasteiger partial charge in [-0.15, -0.1) is 0 Å². The Morgan fingerprint density at radius 3 is 2.65 bits per heavy atom. The summed E-state index contributed by atoms with van der Waals surface area (Å²) < 4.78 is 6.09. The average molecular weight is 349 g/mol. The predicted octanol–water partition coefficient (Wildman–Crippen LogP) is 4.25. The van der Waals surface area contributed by atoms with Crippen molar-refractivity contribution in [1.29, 1.82) is 0 Å². The van der Waals surface area contributed by atoms with Gasteiger partial charge in [-0.1, -0.05) is 6.07 Å². The van der Waals surface area contributed by atoms with E-state index in [4.69, 9.17) is 4.74 Å². The smallest absolute Gasteiger partial charge is 0.138 e. The summed E-state index contributed by atoms with van der Waals surface area (Å²) in [5.74, 6) is 0.794. The molecule has 134 valence electrons. The molecule has 2 aromatic heterocycles. The molecule has 0 radical (unpaired) electrons. The number of H-pyrrole nitrogens is 1. The van der Waals surface area contributed by atoms with Crippen LogP contribution in [0, 0.1) is 5.21 Å². The maximum Gasteiger partial charge on any atom is 0.138 e. The van der Waals surface area contributed by atoms with E-state index in [0.29, 0.717) is 0 Å². The Balaban J connectivity index is 1.31. The van der Waals surface area contributed by atoms with Crippen LogP contribution < -0.4 is 4.74 Å². The summed E-state index contributed by atoms with van der Waals surface area (Å²) >= 11 is 0. The fourth-order valence-electron chi connectivity index (χ4n) is 4.68. The molecule has 2 fully saturated rings. The Hall–Kier alpha value is -2.37. The molecule has 26 heavy (non-hydrogen) atoms. The highest BCUT2D eigenvalue weighted by atomic mass is 16.6. The van der Waals surface area contributed by atoms with Gasteiger partial charge in [0, 0.05) is 48.3 Å². The lowest BCUT2D eigenvalue weighted by atomic mass is 10.00. The van der Waals surface area contributed by atoms with Crippen molar-refractivity contribution in [1.82, 2.24) is 9.97 Å². The van der Waals surface area contributed by atoms with Gasteiger partial charge in [0.25, 0.3) is 0 Å². The molecule has 0 unspecified atom stereocenters. The third-order valence-electron chi connectivity index (χ3n) is 6.24. The number of benzene rings is 1. The molecular formula is C21H23N3O2. The highest BCUT2D eigenvalue weighted by Gasteiger charge is 2.47. The molecular weight excluding hydrogens is 326 g/mol. The van der Waals surface area contributed by atoms with Crippen LogP contribution in [0.4, 0.5) is 0 Å². The highest BCUT2D eigenvalue weighted by molar-refractivity contribution is 5.84. The molecule has 0 aliphatic carbocycles. The van der Waals surface area contributed by atoms with Gasteiger partial charge in [0.05, 0.1) is 31.0 Å². The van der Waals surface area contributed by atoms with Gasteiger partial charge in [0.1, 0.15) is 11.9 Å². The van der Waals surface area contributed by atoms with E-state index in [9.17, 15) is 5.21 Å². The van der Waals surface area contributed by atoms with Gasteiger partial charge in [-0.2, -0.15) is 0 Å². The maximum atomic E-state index is 12.6. The second kappa shape index (κ2) is 5.83. The van der Waals surface area contributed by atoms with E-state index in [1.807, 2.05) is 25.4 Å². The van der Waals surface area contributed by atoms with Gasteiger partial charge in [0.15, 0.2) is 0 Å². The number of nitrogens with one attached hydrogen (secondary N) is 1. The quantitative estimate of drug-likeness (QED) is 0.568. The fourth-order valence-corrected chi connectivity index (χ4v) is 4.68. The lowest BCUT2D eigenvalue weighted by Gasteiger charge is -2.50. The van der Waals surface area contributed by atoms with E-state index in [-0.39, 0.29) is 22.8 Å². The number of aromatic amines is 1. The number of hydrogen-bond donors (Lipinski definition) is 1. The molecule has 5 nitrogen and oxygen atoms in total. The van der Waals surface area contributed by atoms with E-state index >= 15 is 0 Å². The van der Waals surface area contributed by atoms with Crippen molar-refractivity contribution in [3.05, 3.63) is 54.0 Å². The zero-order valence-corrected chi connectivity index (χ0v) is 14.9. The fraction of sp³-hybridized carbons (Fsp3) is 0.381. The molecule has 0 saturated carbocycles. The molecule has 1 N–H and O–H groups in total. The van der Waals surface area contributed by atoms with E-state index in [0.717, 1.165) is 48.2 Å². The lowest BCUT2D eigenvalue weighted by Crippen LogP contribution is -2.55. The number of ether oxygens (including phenoxy) is 1. The largest absolute Gasteiger partial charge is 0.633 e. The Labute approximate surface area is 152 Å². The normalized spacial score (nSPS) is 30.6. The minimum Gasteiger partial charge on any atom is -0.633 e. The minimum absolute atomic E-state index is 0.0708. The Kier molecular flexibility index (Phi) is 3.55. The van der Waals surface area contributed by atoms with E-state index in [1.165, 1.54) is 5.39 Å². The van der Waals surface area contributed by atoms with Crippen LogP contribution in [0.1, 0.15) is 25.7 Å².